The fraction of sp³-hybridized carbons (Fsp3) is 0.588. The first-order valence-electron chi connectivity index (χ1n) is 7.85. The van der Waals surface area contributed by atoms with E-state index in [-0.39, 0.29) is 17.5 Å². The molecule has 2 fully saturated rings. The van der Waals surface area contributed by atoms with Crippen molar-refractivity contribution in [1.82, 2.24) is 0 Å². The molecule has 2 aliphatic heterocycles. The second-order valence-electron chi connectivity index (χ2n) is 6.37. The summed E-state index contributed by atoms with van der Waals surface area (Å²) in [6, 6.07) is 5.54. The van der Waals surface area contributed by atoms with Gasteiger partial charge in [0.25, 0.3) is 0 Å². The van der Waals surface area contributed by atoms with Crippen LogP contribution in [0.15, 0.2) is 18.2 Å². The van der Waals surface area contributed by atoms with Crippen LogP contribution >= 0.6 is 0 Å². The lowest BCUT2D eigenvalue weighted by atomic mass is 9.78. The maximum atomic E-state index is 12.4. The van der Waals surface area contributed by atoms with Crippen molar-refractivity contribution in [3.63, 3.8) is 0 Å². The largest absolute Gasteiger partial charge is 0.491 e. The predicted molar refractivity (Wildman–Crippen MR) is 77.1 cm³/mol. The van der Waals surface area contributed by atoms with Gasteiger partial charge in [0, 0.05) is 6.07 Å². The highest BCUT2D eigenvalue weighted by Crippen LogP contribution is 2.42. The van der Waals surface area contributed by atoms with Crippen LogP contribution in [0.4, 0.5) is 0 Å². The van der Waals surface area contributed by atoms with E-state index in [0.717, 1.165) is 38.0 Å². The topological polar surface area (TPSA) is 48.1 Å². The summed E-state index contributed by atoms with van der Waals surface area (Å²) in [6.07, 6.45) is 6.27. The quantitative estimate of drug-likeness (QED) is 0.802. The van der Waals surface area contributed by atoms with Gasteiger partial charge in [0.1, 0.15) is 29.8 Å². The second-order valence-corrected chi connectivity index (χ2v) is 6.37. The molecular formula is C17H20O4. The zero-order valence-electron chi connectivity index (χ0n) is 12.1. The van der Waals surface area contributed by atoms with Crippen LogP contribution in [0.3, 0.4) is 0 Å². The molecule has 0 amide bonds. The van der Waals surface area contributed by atoms with Crippen LogP contribution in [0.5, 0.6) is 11.5 Å². The maximum absolute atomic E-state index is 12.4. The number of epoxide rings is 1. The molecule has 1 aromatic carbocycles. The summed E-state index contributed by atoms with van der Waals surface area (Å²) in [5.74, 6) is 1.66. The van der Waals surface area contributed by atoms with Gasteiger partial charge in [0.15, 0.2) is 5.78 Å². The number of benzene rings is 1. The van der Waals surface area contributed by atoms with Gasteiger partial charge >= 0.3 is 0 Å². The molecule has 0 bridgehead atoms. The van der Waals surface area contributed by atoms with Crippen molar-refractivity contribution < 1.29 is 19.0 Å². The Hall–Kier alpha value is -1.55. The fourth-order valence-electron chi connectivity index (χ4n) is 3.39. The predicted octanol–water partition coefficient (Wildman–Crippen LogP) is 3.13. The molecule has 1 spiro atoms. The van der Waals surface area contributed by atoms with E-state index in [2.05, 4.69) is 0 Å². The molecule has 1 unspecified atom stereocenters. The third kappa shape index (κ3) is 2.64. The van der Waals surface area contributed by atoms with Crippen molar-refractivity contribution in [3.8, 4) is 11.5 Å². The highest BCUT2D eigenvalue weighted by atomic mass is 16.6. The lowest BCUT2D eigenvalue weighted by molar-refractivity contribution is 0.0134. The zero-order valence-corrected chi connectivity index (χ0v) is 12.1. The molecule has 4 nitrogen and oxygen atoms in total. The Morgan fingerprint density at radius 1 is 1.24 bits per heavy atom. The van der Waals surface area contributed by atoms with Gasteiger partial charge in [0.05, 0.1) is 18.6 Å². The molecule has 4 heteroatoms. The third-order valence-corrected chi connectivity index (χ3v) is 4.67. The van der Waals surface area contributed by atoms with E-state index in [9.17, 15) is 4.79 Å². The molecule has 2 heterocycles. The van der Waals surface area contributed by atoms with Crippen LogP contribution in [-0.2, 0) is 4.74 Å². The van der Waals surface area contributed by atoms with E-state index in [1.54, 1.807) is 0 Å². The van der Waals surface area contributed by atoms with Crippen LogP contribution in [0, 0.1) is 0 Å². The zero-order chi connectivity index (χ0) is 14.3. The Morgan fingerprint density at radius 3 is 2.81 bits per heavy atom. The van der Waals surface area contributed by atoms with E-state index in [4.69, 9.17) is 14.2 Å². The van der Waals surface area contributed by atoms with Crippen LogP contribution in [-0.4, -0.2) is 30.7 Å². The SMILES string of the molecule is O=C1CC2(CCCCC2)Oc2cc(OCC3CO3)ccc21. The van der Waals surface area contributed by atoms with Crippen molar-refractivity contribution in [2.45, 2.75) is 50.2 Å². The van der Waals surface area contributed by atoms with Crippen LogP contribution in [0.1, 0.15) is 48.9 Å². The highest BCUT2D eigenvalue weighted by molar-refractivity contribution is 6.00. The molecule has 112 valence electrons. The Bertz CT molecular complexity index is 556. The Labute approximate surface area is 124 Å². The number of carbonyl (C=O) groups is 1. The molecule has 1 aliphatic carbocycles. The summed E-state index contributed by atoms with van der Waals surface area (Å²) in [5, 5.41) is 0. The molecule has 3 aliphatic rings. The van der Waals surface area contributed by atoms with Gasteiger partial charge in [-0.05, 0) is 37.8 Å². The number of ketones is 1. The number of Topliss-reactive ketones (excluding diaryl/α,β-unsaturated/α-hetero) is 1. The molecule has 0 aromatic heterocycles. The summed E-state index contributed by atoms with van der Waals surface area (Å²) in [5.41, 5.74) is 0.432. The normalized spacial score (nSPS) is 26.1. The van der Waals surface area contributed by atoms with E-state index < -0.39 is 0 Å². The molecule has 0 radical (unpaired) electrons. The lowest BCUT2D eigenvalue weighted by Gasteiger charge is -2.40. The second kappa shape index (κ2) is 5.02. The minimum Gasteiger partial charge on any atom is -0.491 e. The summed E-state index contributed by atoms with van der Waals surface area (Å²) in [4.78, 5) is 12.4. The Balaban J connectivity index is 1.57. The fourth-order valence-corrected chi connectivity index (χ4v) is 3.39. The van der Waals surface area contributed by atoms with Gasteiger partial charge in [0.2, 0.25) is 0 Å². The first kappa shape index (κ1) is 13.1. The molecule has 1 saturated heterocycles. The van der Waals surface area contributed by atoms with Crippen molar-refractivity contribution in [2.24, 2.45) is 0 Å². The highest BCUT2D eigenvalue weighted by Gasteiger charge is 2.41. The molecule has 0 N–H and O–H groups in total. The maximum Gasteiger partial charge on any atom is 0.170 e. The van der Waals surface area contributed by atoms with Crippen LogP contribution in [0.25, 0.3) is 0 Å². The lowest BCUT2D eigenvalue weighted by Crippen LogP contribution is -2.43. The van der Waals surface area contributed by atoms with Gasteiger partial charge in [-0.2, -0.15) is 0 Å². The number of hydrogen-bond donors (Lipinski definition) is 0. The Morgan fingerprint density at radius 2 is 2.05 bits per heavy atom. The third-order valence-electron chi connectivity index (χ3n) is 4.67. The average molecular weight is 288 g/mol. The van der Waals surface area contributed by atoms with E-state index in [0.29, 0.717) is 24.3 Å². The summed E-state index contributed by atoms with van der Waals surface area (Å²) in [7, 11) is 0. The van der Waals surface area contributed by atoms with Gasteiger partial charge in [-0.15, -0.1) is 0 Å². The van der Waals surface area contributed by atoms with Gasteiger partial charge in [-0.1, -0.05) is 6.42 Å². The van der Waals surface area contributed by atoms with E-state index in [1.165, 1.54) is 6.42 Å². The monoisotopic (exact) mass is 288 g/mol. The van der Waals surface area contributed by atoms with Crippen LogP contribution < -0.4 is 9.47 Å². The number of ether oxygens (including phenoxy) is 3. The smallest absolute Gasteiger partial charge is 0.170 e. The number of rotatable bonds is 3. The first-order chi connectivity index (χ1) is 10.2. The van der Waals surface area contributed by atoms with Crippen molar-refractivity contribution >= 4 is 5.78 Å². The summed E-state index contributed by atoms with van der Waals surface area (Å²) < 4.78 is 17.1. The van der Waals surface area contributed by atoms with Crippen molar-refractivity contribution in [3.05, 3.63) is 23.8 Å². The number of fused-ring (bicyclic) bond motifs is 1. The van der Waals surface area contributed by atoms with Gasteiger partial charge in [-0.3, -0.25) is 4.79 Å². The molecule has 1 atom stereocenters. The van der Waals surface area contributed by atoms with Gasteiger partial charge < -0.3 is 14.2 Å². The molecule has 21 heavy (non-hydrogen) atoms. The molecule has 1 saturated carbocycles. The summed E-state index contributed by atoms with van der Waals surface area (Å²) >= 11 is 0. The van der Waals surface area contributed by atoms with Crippen molar-refractivity contribution in [2.75, 3.05) is 13.2 Å². The minimum atomic E-state index is -0.263. The number of carbonyl (C=O) groups excluding carboxylic acids is 1. The molecule has 1 aromatic rings. The minimum absolute atomic E-state index is 0.204. The van der Waals surface area contributed by atoms with E-state index in [1.807, 2.05) is 18.2 Å². The standard InChI is InChI=1S/C17H20O4/c18-15-9-17(6-2-1-3-7-17)21-16-8-12(4-5-14(15)16)19-10-13-11-20-13/h4-5,8,13H,1-3,6-7,9-11H2. The first-order valence-corrected chi connectivity index (χ1v) is 7.85. The average Bonchev–Trinajstić information content (AvgIpc) is 3.29. The summed E-state index contributed by atoms with van der Waals surface area (Å²) in [6.45, 7) is 1.35. The van der Waals surface area contributed by atoms with Gasteiger partial charge in [-0.25, -0.2) is 0 Å². The number of hydrogen-bond acceptors (Lipinski definition) is 4. The van der Waals surface area contributed by atoms with Crippen molar-refractivity contribution in [1.29, 1.82) is 0 Å². The van der Waals surface area contributed by atoms with Crippen LogP contribution in [0.2, 0.25) is 0 Å². The molecular weight excluding hydrogens is 268 g/mol. The van der Waals surface area contributed by atoms with E-state index >= 15 is 0 Å². The molecule has 4 rings (SSSR count). The Kier molecular flexibility index (Phi) is 3.14.